The number of hydrogen-bond donors (Lipinski definition) is 4. The number of fused-ring (bicyclic) bond motifs is 1. The zero-order valence-corrected chi connectivity index (χ0v) is 22.5. The molecule has 10 nitrogen and oxygen atoms in total. The Kier molecular flexibility index (Phi) is 9.35. The molecule has 0 unspecified atom stereocenters. The number of alkyl halides is 3. The zero-order chi connectivity index (χ0) is 29.6. The zero-order valence-electron chi connectivity index (χ0n) is 21.7. The van der Waals surface area contributed by atoms with Crippen molar-refractivity contribution in [3.63, 3.8) is 0 Å². The van der Waals surface area contributed by atoms with Gasteiger partial charge in [-0.15, -0.1) is 0 Å². The summed E-state index contributed by atoms with van der Waals surface area (Å²) in [7, 11) is 0. The monoisotopic (exact) mass is 589 g/mol. The van der Waals surface area contributed by atoms with Crippen LogP contribution in [0.3, 0.4) is 0 Å². The Hall–Kier alpha value is -4.30. The van der Waals surface area contributed by atoms with Crippen LogP contribution in [0.4, 0.5) is 13.2 Å². The Morgan fingerprint density at radius 2 is 1.85 bits per heavy atom. The van der Waals surface area contributed by atoms with Crippen LogP contribution in [0.15, 0.2) is 54.6 Å². The van der Waals surface area contributed by atoms with Gasteiger partial charge in [0.25, 0.3) is 5.91 Å². The number of H-pyrrole nitrogens is 2. The van der Waals surface area contributed by atoms with E-state index in [4.69, 9.17) is 31.6 Å². The van der Waals surface area contributed by atoms with E-state index in [0.29, 0.717) is 48.1 Å². The van der Waals surface area contributed by atoms with Crippen molar-refractivity contribution < 1.29 is 37.3 Å². The normalized spacial score (nSPS) is 16.9. The van der Waals surface area contributed by atoms with Crippen molar-refractivity contribution in [2.45, 2.75) is 38.1 Å². The van der Waals surface area contributed by atoms with Crippen LogP contribution in [0.2, 0.25) is 0 Å². The highest BCUT2D eigenvalue weighted by Crippen LogP contribution is 2.24. The van der Waals surface area contributed by atoms with Gasteiger partial charge in [0.1, 0.15) is 18.2 Å². The predicted molar refractivity (Wildman–Crippen MR) is 144 cm³/mol. The number of aliphatic carboxylic acids is 1. The SMILES string of the molecule is Cc1cc(COc2ccc(C(=O)N[C@@H]3CCOC[C@H]3c3nc(=S)[nH][nH]3)cc2)c2ccccc2n1.O=C(O)C(F)(F)F. The molecule has 4 aromatic rings. The number of carbonyl (C=O) groups is 2. The molecule has 5 rings (SSSR count). The van der Waals surface area contributed by atoms with Crippen LogP contribution in [0.25, 0.3) is 10.9 Å². The molecule has 0 bridgehead atoms. The standard InChI is InChI=1S/C25H25N5O3S.C2HF3O2/c1-15-12-17(19-4-2-3-5-21(19)26-15)13-33-18-8-6-16(7-9-18)24(31)27-22-10-11-32-14-20(22)23-28-25(34)30-29-23;3-2(4,5)1(6)7/h2-9,12,20,22H,10-11,13-14H2,1H3,(H,27,31)(H2,28,29,30,34);(H,6,7)/t20-,22-;/m1./s1. The molecule has 14 heteroatoms. The van der Waals surface area contributed by atoms with Gasteiger partial charge in [-0.05, 0) is 62.0 Å². The summed E-state index contributed by atoms with van der Waals surface area (Å²) >= 11 is 5.06. The number of carboxylic acid groups (broad SMARTS) is 1. The quantitative estimate of drug-likeness (QED) is 0.234. The maximum atomic E-state index is 12.9. The molecule has 0 aliphatic carbocycles. The molecule has 2 aromatic heterocycles. The van der Waals surface area contributed by atoms with Gasteiger partial charge in [-0.25, -0.2) is 9.78 Å². The summed E-state index contributed by atoms with van der Waals surface area (Å²) in [4.78, 5) is 30.7. The minimum atomic E-state index is -5.08. The molecule has 2 aromatic carbocycles. The second kappa shape index (κ2) is 12.9. The Morgan fingerprint density at radius 1 is 1.15 bits per heavy atom. The van der Waals surface area contributed by atoms with Crippen molar-refractivity contribution in [3.8, 4) is 5.75 Å². The lowest BCUT2D eigenvalue weighted by molar-refractivity contribution is -0.192. The molecule has 3 heterocycles. The van der Waals surface area contributed by atoms with Crippen molar-refractivity contribution in [2.75, 3.05) is 13.2 Å². The summed E-state index contributed by atoms with van der Waals surface area (Å²) in [6.45, 7) is 3.45. The van der Waals surface area contributed by atoms with E-state index in [1.807, 2.05) is 49.4 Å². The third kappa shape index (κ3) is 7.89. The fourth-order valence-electron chi connectivity index (χ4n) is 4.27. The molecule has 1 fully saturated rings. The lowest BCUT2D eigenvalue weighted by atomic mass is 9.94. The van der Waals surface area contributed by atoms with Crippen molar-refractivity contribution in [1.29, 1.82) is 0 Å². The van der Waals surface area contributed by atoms with Crippen LogP contribution in [-0.2, 0) is 16.1 Å². The average Bonchev–Trinajstić information content (AvgIpc) is 3.38. The first-order valence-corrected chi connectivity index (χ1v) is 12.8. The number of rotatable bonds is 6. The second-order valence-corrected chi connectivity index (χ2v) is 9.54. The summed E-state index contributed by atoms with van der Waals surface area (Å²) < 4.78 is 43.7. The van der Waals surface area contributed by atoms with E-state index in [0.717, 1.165) is 22.2 Å². The third-order valence-electron chi connectivity index (χ3n) is 6.23. The van der Waals surface area contributed by atoms with Crippen LogP contribution >= 0.6 is 12.2 Å². The molecule has 2 atom stereocenters. The third-order valence-corrected chi connectivity index (χ3v) is 6.42. The first kappa shape index (κ1) is 29.7. The Labute approximate surface area is 236 Å². The highest BCUT2D eigenvalue weighted by Gasteiger charge is 2.38. The van der Waals surface area contributed by atoms with E-state index in [-0.39, 0.29) is 17.9 Å². The lowest BCUT2D eigenvalue weighted by Crippen LogP contribution is -2.44. The average molecular weight is 590 g/mol. The Balaban J connectivity index is 0.000000493. The van der Waals surface area contributed by atoms with Gasteiger partial charge in [-0.2, -0.15) is 13.2 Å². The van der Waals surface area contributed by atoms with Gasteiger partial charge in [0.05, 0.1) is 18.0 Å². The molecule has 216 valence electrons. The van der Waals surface area contributed by atoms with E-state index >= 15 is 0 Å². The van der Waals surface area contributed by atoms with Crippen LogP contribution in [-0.4, -0.2) is 62.6 Å². The summed E-state index contributed by atoms with van der Waals surface area (Å²) in [5.41, 5.74) is 3.55. The topological polar surface area (TPSA) is 142 Å². The van der Waals surface area contributed by atoms with Gasteiger partial charge < -0.3 is 19.9 Å². The molecule has 1 amide bonds. The van der Waals surface area contributed by atoms with E-state index in [9.17, 15) is 18.0 Å². The number of amides is 1. The van der Waals surface area contributed by atoms with E-state index in [2.05, 4.69) is 25.5 Å². The van der Waals surface area contributed by atoms with Crippen LogP contribution in [0.5, 0.6) is 5.75 Å². The van der Waals surface area contributed by atoms with E-state index in [1.165, 1.54) is 0 Å². The minimum Gasteiger partial charge on any atom is -0.489 e. The Morgan fingerprint density at radius 3 is 2.51 bits per heavy atom. The fraction of sp³-hybridized carbons (Fsp3) is 0.296. The molecular weight excluding hydrogens is 563 g/mol. The summed E-state index contributed by atoms with van der Waals surface area (Å²) in [6, 6.07) is 17.2. The number of benzene rings is 2. The number of aromatic nitrogens is 4. The van der Waals surface area contributed by atoms with Crippen molar-refractivity contribution >= 4 is 35.0 Å². The smallest absolute Gasteiger partial charge is 0.489 e. The molecule has 1 saturated heterocycles. The highest BCUT2D eigenvalue weighted by atomic mass is 32.1. The number of nitrogens with one attached hydrogen (secondary N) is 3. The van der Waals surface area contributed by atoms with Gasteiger partial charge in [0, 0.05) is 34.9 Å². The summed E-state index contributed by atoms with van der Waals surface area (Å²) in [5.74, 6) is -1.60. The van der Waals surface area contributed by atoms with Gasteiger partial charge in [-0.1, -0.05) is 18.2 Å². The summed E-state index contributed by atoms with van der Waals surface area (Å²) in [5, 5.41) is 17.1. The lowest BCUT2D eigenvalue weighted by Gasteiger charge is -2.30. The van der Waals surface area contributed by atoms with Crippen molar-refractivity contribution in [1.82, 2.24) is 25.5 Å². The van der Waals surface area contributed by atoms with Gasteiger partial charge >= 0.3 is 12.1 Å². The number of pyridine rings is 1. The minimum absolute atomic E-state index is 0.0908. The maximum absolute atomic E-state index is 12.9. The number of carbonyl (C=O) groups excluding carboxylic acids is 1. The van der Waals surface area contributed by atoms with Crippen LogP contribution in [0, 0.1) is 11.7 Å². The number of aromatic amines is 2. The van der Waals surface area contributed by atoms with Crippen LogP contribution < -0.4 is 10.1 Å². The maximum Gasteiger partial charge on any atom is 0.490 e. The number of nitrogens with zero attached hydrogens (tertiary/aromatic N) is 2. The van der Waals surface area contributed by atoms with Gasteiger partial charge in [-0.3, -0.25) is 20.0 Å². The summed E-state index contributed by atoms with van der Waals surface area (Å²) in [6.07, 6.45) is -4.38. The van der Waals surface area contributed by atoms with Gasteiger partial charge in [0.2, 0.25) is 4.77 Å². The Bertz CT molecular complexity index is 1570. The van der Waals surface area contributed by atoms with E-state index in [1.54, 1.807) is 12.1 Å². The molecule has 1 aliphatic heterocycles. The van der Waals surface area contributed by atoms with Crippen molar-refractivity contribution in [3.05, 3.63) is 82.0 Å². The fourth-order valence-corrected chi connectivity index (χ4v) is 4.42. The molecule has 0 radical (unpaired) electrons. The predicted octanol–water partition coefficient (Wildman–Crippen LogP) is 4.84. The first-order valence-electron chi connectivity index (χ1n) is 12.4. The number of hydrogen-bond acceptors (Lipinski definition) is 7. The first-order chi connectivity index (χ1) is 19.5. The van der Waals surface area contributed by atoms with Crippen molar-refractivity contribution in [2.24, 2.45) is 0 Å². The molecule has 1 aliphatic rings. The largest absolute Gasteiger partial charge is 0.490 e. The molecule has 0 spiro atoms. The number of carboxylic acids is 1. The van der Waals surface area contributed by atoms with Crippen LogP contribution in [0.1, 0.15) is 39.8 Å². The van der Waals surface area contributed by atoms with Gasteiger partial charge in [0.15, 0.2) is 0 Å². The number of aryl methyl sites for hydroxylation is 1. The number of halogens is 3. The molecule has 41 heavy (non-hydrogen) atoms. The van der Waals surface area contributed by atoms with E-state index < -0.39 is 12.1 Å². The molecule has 4 N–H and O–H groups in total. The number of para-hydroxylation sites is 1. The second-order valence-electron chi connectivity index (χ2n) is 9.16. The number of ether oxygens (including phenoxy) is 2. The highest BCUT2D eigenvalue weighted by molar-refractivity contribution is 7.71. The molecule has 0 saturated carbocycles. The molecular formula is C27H26F3N5O5S.